The monoisotopic (exact) mass is 323 g/mol. The predicted octanol–water partition coefficient (Wildman–Crippen LogP) is 3.20. The first-order valence-corrected chi connectivity index (χ1v) is 7.22. The average Bonchev–Trinajstić information content (AvgIpc) is 3.09. The Morgan fingerprint density at radius 2 is 2.04 bits per heavy atom. The van der Waals surface area contributed by atoms with Crippen LogP contribution in [0.4, 0.5) is 0 Å². The summed E-state index contributed by atoms with van der Waals surface area (Å²) in [5, 5.41) is 20.2. The number of Topliss-reactive ketones (excluding diaryl/α,β-unsaturated/α-hetero) is 1. The molecule has 3 aromatic rings. The summed E-state index contributed by atoms with van der Waals surface area (Å²) in [7, 11) is 1.58. The van der Waals surface area contributed by atoms with Gasteiger partial charge in [0, 0.05) is 34.8 Å². The highest BCUT2D eigenvalue weighted by Gasteiger charge is 2.31. The lowest BCUT2D eigenvalue weighted by Crippen LogP contribution is -1.98. The van der Waals surface area contributed by atoms with Crippen LogP contribution in [-0.4, -0.2) is 28.1 Å². The molecule has 1 aliphatic heterocycles. The molecule has 3 N–H and O–H groups in total. The fraction of sp³-hybridized carbons (Fsp3) is 0.0556. The molecule has 6 heteroatoms. The predicted molar refractivity (Wildman–Crippen MR) is 87.6 cm³/mol. The Bertz CT molecular complexity index is 1020. The molecule has 2 aromatic carbocycles. The van der Waals surface area contributed by atoms with Crippen molar-refractivity contribution in [3.63, 3.8) is 0 Å². The number of allylic oxidation sites excluding steroid dienone is 1. The van der Waals surface area contributed by atoms with Crippen molar-refractivity contribution in [2.75, 3.05) is 7.11 Å². The minimum atomic E-state index is -0.431. The molecular weight excluding hydrogens is 310 g/mol. The summed E-state index contributed by atoms with van der Waals surface area (Å²) >= 11 is 0. The molecule has 2 heterocycles. The van der Waals surface area contributed by atoms with E-state index in [0.717, 1.165) is 22.5 Å². The van der Waals surface area contributed by atoms with E-state index in [9.17, 15) is 15.0 Å². The third-order valence-corrected chi connectivity index (χ3v) is 3.94. The van der Waals surface area contributed by atoms with E-state index in [2.05, 4.69) is 4.98 Å². The minimum Gasteiger partial charge on any atom is -0.508 e. The minimum absolute atomic E-state index is 0.0523. The topological polar surface area (TPSA) is 91.8 Å². The standard InChI is InChI=1S/C18H13NO5/c1-23-11-2-3-13-12(7-11)9(8-19-13)4-16-18(22)17-14(21)5-10(20)6-15(17)24-16/h2-8,19-21H,1H3/b16-4-. The van der Waals surface area contributed by atoms with Crippen molar-refractivity contribution in [3.05, 3.63) is 53.4 Å². The van der Waals surface area contributed by atoms with Gasteiger partial charge in [0.1, 0.15) is 28.6 Å². The smallest absolute Gasteiger partial charge is 0.235 e. The number of aromatic hydroxyl groups is 2. The number of nitrogens with one attached hydrogen (secondary N) is 1. The number of hydrogen-bond donors (Lipinski definition) is 3. The SMILES string of the molecule is COc1ccc2[nH]cc(/C=C3\Oc4cc(O)cc(O)c4C3=O)c2c1. The summed E-state index contributed by atoms with van der Waals surface area (Å²) in [4.78, 5) is 15.6. The molecule has 0 saturated carbocycles. The highest BCUT2D eigenvalue weighted by Crippen LogP contribution is 2.41. The second kappa shape index (κ2) is 5.06. The fourth-order valence-corrected chi connectivity index (χ4v) is 2.79. The quantitative estimate of drug-likeness (QED) is 0.630. The van der Waals surface area contributed by atoms with E-state index in [1.807, 2.05) is 18.2 Å². The summed E-state index contributed by atoms with van der Waals surface area (Å²) in [6, 6.07) is 7.98. The highest BCUT2D eigenvalue weighted by molar-refractivity contribution is 6.16. The van der Waals surface area contributed by atoms with Gasteiger partial charge in [-0.15, -0.1) is 0 Å². The lowest BCUT2D eigenvalue weighted by molar-refractivity contribution is 0.101. The van der Waals surface area contributed by atoms with Gasteiger partial charge in [0.25, 0.3) is 0 Å². The summed E-state index contributed by atoms with van der Waals surface area (Å²) in [5.74, 6) is 0.0120. The van der Waals surface area contributed by atoms with Crippen molar-refractivity contribution in [1.29, 1.82) is 0 Å². The number of carbonyl (C=O) groups is 1. The molecule has 1 aliphatic rings. The number of phenols is 2. The van der Waals surface area contributed by atoms with Crippen LogP contribution < -0.4 is 9.47 Å². The van der Waals surface area contributed by atoms with Crippen LogP contribution in [-0.2, 0) is 0 Å². The molecule has 0 saturated heterocycles. The zero-order chi connectivity index (χ0) is 16.8. The van der Waals surface area contributed by atoms with Gasteiger partial charge in [-0.3, -0.25) is 4.79 Å². The van der Waals surface area contributed by atoms with Gasteiger partial charge < -0.3 is 24.7 Å². The number of benzene rings is 2. The van der Waals surface area contributed by atoms with Gasteiger partial charge >= 0.3 is 0 Å². The van der Waals surface area contributed by atoms with Crippen molar-refractivity contribution in [1.82, 2.24) is 4.98 Å². The van der Waals surface area contributed by atoms with Crippen molar-refractivity contribution < 1.29 is 24.5 Å². The summed E-state index contributed by atoms with van der Waals surface area (Å²) in [6.07, 6.45) is 3.35. The molecule has 0 spiro atoms. The number of H-pyrrole nitrogens is 1. The van der Waals surface area contributed by atoms with Crippen LogP contribution in [0.25, 0.3) is 17.0 Å². The maximum Gasteiger partial charge on any atom is 0.235 e. The zero-order valence-corrected chi connectivity index (χ0v) is 12.7. The number of aromatic nitrogens is 1. The Morgan fingerprint density at radius 1 is 1.21 bits per heavy atom. The summed E-state index contributed by atoms with van der Waals surface area (Å²) in [6.45, 7) is 0. The molecule has 4 rings (SSSR count). The van der Waals surface area contributed by atoms with E-state index in [-0.39, 0.29) is 28.6 Å². The number of rotatable bonds is 2. The Labute approximate surface area is 136 Å². The first kappa shape index (κ1) is 14.2. The van der Waals surface area contributed by atoms with E-state index in [1.165, 1.54) is 6.07 Å². The van der Waals surface area contributed by atoms with Crippen LogP contribution in [0.3, 0.4) is 0 Å². The number of fused-ring (bicyclic) bond motifs is 2. The second-order valence-corrected chi connectivity index (χ2v) is 5.43. The number of ether oxygens (including phenoxy) is 2. The molecule has 0 atom stereocenters. The number of carbonyl (C=O) groups excluding carboxylic acids is 1. The molecule has 1 aromatic heterocycles. The fourth-order valence-electron chi connectivity index (χ4n) is 2.79. The summed E-state index contributed by atoms with van der Waals surface area (Å²) in [5.41, 5.74) is 1.70. The maximum atomic E-state index is 12.4. The van der Waals surface area contributed by atoms with Crippen LogP contribution in [0.15, 0.2) is 42.3 Å². The van der Waals surface area contributed by atoms with Gasteiger partial charge in [-0.25, -0.2) is 0 Å². The third-order valence-electron chi connectivity index (χ3n) is 3.94. The van der Waals surface area contributed by atoms with E-state index in [0.29, 0.717) is 5.75 Å². The molecule has 0 bridgehead atoms. The van der Waals surface area contributed by atoms with Crippen LogP contribution in [0.2, 0.25) is 0 Å². The van der Waals surface area contributed by atoms with Gasteiger partial charge in [0.05, 0.1) is 7.11 Å². The largest absolute Gasteiger partial charge is 0.508 e. The summed E-state index contributed by atoms with van der Waals surface area (Å²) < 4.78 is 10.7. The lowest BCUT2D eigenvalue weighted by atomic mass is 10.1. The molecule has 24 heavy (non-hydrogen) atoms. The molecule has 0 radical (unpaired) electrons. The molecule has 6 nitrogen and oxygen atoms in total. The maximum absolute atomic E-state index is 12.4. The highest BCUT2D eigenvalue weighted by atomic mass is 16.5. The van der Waals surface area contributed by atoms with Gasteiger partial charge in [0.2, 0.25) is 5.78 Å². The third kappa shape index (κ3) is 2.08. The van der Waals surface area contributed by atoms with Crippen LogP contribution in [0.1, 0.15) is 15.9 Å². The molecule has 0 unspecified atom stereocenters. The second-order valence-electron chi connectivity index (χ2n) is 5.43. The number of phenolic OH excluding ortho intramolecular Hbond substituents is 2. The lowest BCUT2D eigenvalue weighted by Gasteiger charge is -2.01. The molecule has 0 amide bonds. The van der Waals surface area contributed by atoms with Gasteiger partial charge in [-0.05, 0) is 24.3 Å². The van der Waals surface area contributed by atoms with Crippen molar-refractivity contribution >= 4 is 22.8 Å². The van der Waals surface area contributed by atoms with Crippen molar-refractivity contribution in [2.45, 2.75) is 0 Å². The van der Waals surface area contributed by atoms with Crippen LogP contribution in [0, 0.1) is 0 Å². The number of methoxy groups -OCH3 is 1. The molecule has 0 aliphatic carbocycles. The Balaban J connectivity index is 1.80. The van der Waals surface area contributed by atoms with E-state index in [4.69, 9.17) is 9.47 Å². The average molecular weight is 323 g/mol. The normalized spacial score (nSPS) is 14.9. The zero-order valence-electron chi connectivity index (χ0n) is 12.7. The number of aromatic amines is 1. The molecule has 0 fully saturated rings. The number of hydrogen-bond acceptors (Lipinski definition) is 5. The molecular formula is C18H13NO5. The number of ketones is 1. The first-order valence-electron chi connectivity index (χ1n) is 7.22. The van der Waals surface area contributed by atoms with Gasteiger partial charge in [0.15, 0.2) is 5.76 Å². The van der Waals surface area contributed by atoms with Gasteiger partial charge in [-0.1, -0.05) is 0 Å². The van der Waals surface area contributed by atoms with Crippen LogP contribution in [0.5, 0.6) is 23.0 Å². The Morgan fingerprint density at radius 3 is 2.83 bits per heavy atom. The van der Waals surface area contributed by atoms with E-state index >= 15 is 0 Å². The van der Waals surface area contributed by atoms with E-state index < -0.39 is 5.78 Å². The Hall–Kier alpha value is -3.41. The van der Waals surface area contributed by atoms with Crippen molar-refractivity contribution in [2.24, 2.45) is 0 Å². The van der Waals surface area contributed by atoms with Crippen LogP contribution >= 0.6 is 0 Å². The Kier molecular flexibility index (Phi) is 2.99. The first-order chi connectivity index (χ1) is 11.6. The van der Waals surface area contributed by atoms with Gasteiger partial charge in [-0.2, -0.15) is 0 Å². The van der Waals surface area contributed by atoms with E-state index in [1.54, 1.807) is 19.4 Å². The van der Waals surface area contributed by atoms with Crippen molar-refractivity contribution in [3.8, 4) is 23.0 Å². The molecule has 120 valence electrons.